The second-order valence-electron chi connectivity index (χ2n) is 8.32. The van der Waals surface area contributed by atoms with Gasteiger partial charge in [0, 0.05) is 30.1 Å². The van der Waals surface area contributed by atoms with Crippen molar-refractivity contribution >= 4 is 51.8 Å². The fourth-order valence-corrected chi connectivity index (χ4v) is 4.71. The molecule has 4 rings (SSSR count). The molecule has 0 fully saturated rings. The molecule has 0 aliphatic rings. The molecule has 2 atom stereocenters. The van der Waals surface area contributed by atoms with Gasteiger partial charge in [-0.05, 0) is 37.6 Å². The summed E-state index contributed by atoms with van der Waals surface area (Å²) in [6, 6.07) is 14.1. The van der Waals surface area contributed by atoms with Crippen LogP contribution in [-0.4, -0.2) is 43.7 Å². The lowest BCUT2D eigenvalue weighted by Crippen LogP contribution is -2.33. The lowest BCUT2D eigenvalue weighted by Gasteiger charge is -2.16. The number of benzene rings is 2. The summed E-state index contributed by atoms with van der Waals surface area (Å²) in [5, 5.41) is 20.7. The Morgan fingerprint density at radius 2 is 1.84 bits per heavy atom. The van der Waals surface area contributed by atoms with E-state index in [0.717, 1.165) is 29.1 Å². The molecule has 2 heterocycles. The van der Waals surface area contributed by atoms with E-state index in [1.54, 1.807) is 25.4 Å². The van der Waals surface area contributed by atoms with E-state index in [9.17, 15) is 9.59 Å². The Hall–Kier alpha value is -3.93. The van der Waals surface area contributed by atoms with Gasteiger partial charge in [0.1, 0.15) is 34.1 Å². The van der Waals surface area contributed by atoms with Gasteiger partial charge in [-0.2, -0.15) is 0 Å². The van der Waals surface area contributed by atoms with Gasteiger partial charge in [0.25, 0.3) is 11.9 Å². The van der Waals surface area contributed by atoms with Crippen molar-refractivity contribution in [1.82, 2.24) is 14.9 Å². The van der Waals surface area contributed by atoms with Gasteiger partial charge >= 0.3 is 5.97 Å². The van der Waals surface area contributed by atoms with Crippen LogP contribution in [0, 0.1) is 0 Å². The third-order valence-electron chi connectivity index (χ3n) is 5.39. The van der Waals surface area contributed by atoms with E-state index in [2.05, 4.69) is 10.3 Å². The topological polar surface area (TPSA) is 157 Å². The molecule has 38 heavy (non-hydrogen) atoms. The zero-order valence-corrected chi connectivity index (χ0v) is 22.4. The number of carboxylic acids is 2. The van der Waals surface area contributed by atoms with Crippen LogP contribution in [0.5, 0.6) is 5.75 Å². The minimum Gasteiger partial charge on any atom is -0.484 e. The molecule has 0 bridgehead atoms. The molecule has 0 saturated heterocycles. The van der Waals surface area contributed by atoms with E-state index < -0.39 is 30.0 Å². The summed E-state index contributed by atoms with van der Waals surface area (Å²) in [6.45, 7) is 4.91. The first-order valence-corrected chi connectivity index (χ1v) is 12.6. The van der Waals surface area contributed by atoms with Crippen LogP contribution in [0.3, 0.4) is 0 Å². The van der Waals surface area contributed by atoms with E-state index in [1.165, 1.54) is 11.3 Å². The number of aromatic nitrogens is 2. The number of thiophene rings is 1. The molecule has 0 radical (unpaired) electrons. The molecular formula is C26H27ClN4O6S. The molecule has 0 saturated carbocycles. The Labute approximate surface area is 227 Å². The second-order valence-corrected chi connectivity index (χ2v) is 9.76. The number of ether oxygens (including phenoxy) is 1. The number of imidazole rings is 1. The number of carboxylic acid groups (broad SMARTS) is 2. The van der Waals surface area contributed by atoms with Crippen molar-refractivity contribution in [2.24, 2.45) is 5.73 Å². The number of nitrogens with one attached hydrogen (secondary N) is 1. The number of fused-ring (bicyclic) bond motifs is 1. The Kier molecular flexibility index (Phi) is 9.45. The minimum absolute atomic E-state index is 0.295. The van der Waals surface area contributed by atoms with Crippen LogP contribution < -0.4 is 15.8 Å². The lowest BCUT2D eigenvalue weighted by atomic mass is 10.1. The maximum atomic E-state index is 12.2. The number of nitrogens with two attached hydrogens (primary N) is 1. The van der Waals surface area contributed by atoms with Gasteiger partial charge in [-0.15, -0.1) is 11.3 Å². The molecule has 0 spiro atoms. The van der Waals surface area contributed by atoms with Crippen LogP contribution in [0.4, 0.5) is 0 Å². The molecule has 5 N–H and O–H groups in total. The average Bonchev–Trinajstić information content (AvgIpc) is 3.46. The summed E-state index contributed by atoms with van der Waals surface area (Å²) in [7, 11) is 0. The molecule has 2 aromatic heterocycles. The van der Waals surface area contributed by atoms with Crippen molar-refractivity contribution in [3.63, 3.8) is 0 Å². The average molecular weight is 559 g/mol. The van der Waals surface area contributed by atoms with E-state index in [-0.39, 0.29) is 0 Å². The summed E-state index contributed by atoms with van der Waals surface area (Å²) >= 11 is 7.50. The molecule has 0 aliphatic carbocycles. The quantitative estimate of drug-likeness (QED) is 0.231. The van der Waals surface area contributed by atoms with Crippen molar-refractivity contribution in [2.45, 2.75) is 39.5 Å². The summed E-state index contributed by atoms with van der Waals surface area (Å²) in [6.07, 6.45) is 1.27. The van der Waals surface area contributed by atoms with Crippen LogP contribution in [0.1, 0.15) is 47.7 Å². The van der Waals surface area contributed by atoms with Crippen molar-refractivity contribution in [3.8, 4) is 10.8 Å². The predicted octanol–water partition coefficient (Wildman–Crippen LogP) is 4.63. The van der Waals surface area contributed by atoms with Gasteiger partial charge in [0.2, 0.25) is 0 Å². The number of hydrogen-bond acceptors (Lipinski definition) is 7. The monoisotopic (exact) mass is 558 g/mol. The highest BCUT2D eigenvalue weighted by atomic mass is 35.5. The van der Waals surface area contributed by atoms with Crippen LogP contribution >= 0.6 is 22.9 Å². The highest BCUT2D eigenvalue weighted by molar-refractivity contribution is 7.16. The summed E-state index contributed by atoms with van der Waals surface area (Å²) < 4.78 is 7.95. The Morgan fingerprint density at radius 3 is 2.47 bits per heavy atom. The molecular weight excluding hydrogens is 532 g/mol. The predicted molar refractivity (Wildman–Crippen MR) is 145 cm³/mol. The first kappa shape index (κ1) is 28.6. The Bertz CT molecular complexity index is 1460. The zero-order valence-electron chi connectivity index (χ0n) is 20.8. The number of amides is 1. The van der Waals surface area contributed by atoms with Gasteiger partial charge in [-0.25, -0.2) is 4.98 Å². The maximum Gasteiger partial charge on any atom is 0.320 e. The Balaban J connectivity index is 0.000000934. The molecule has 12 heteroatoms. The van der Waals surface area contributed by atoms with Crippen LogP contribution in [-0.2, 0) is 16.1 Å². The number of nitrogens with zero attached hydrogens (tertiary/aromatic N) is 2. The van der Waals surface area contributed by atoms with Crippen LogP contribution in [0.25, 0.3) is 16.0 Å². The fourth-order valence-electron chi connectivity index (χ4n) is 3.50. The summed E-state index contributed by atoms with van der Waals surface area (Å²) in [5.41, 5.74) is 8.91. The van der Waals surface area contributed by atoms with E-state index in [0.29, 0.717) is 27.2 Å². The first-order chi connectivity index (χ1) is 18.0. The van der Waals surface area contributed by atoms with Crippen molar-refractivity contribution in [1.29, 1.82) is 0 Å². The molecule has 4 aromatic rings. The van der Waals surface area contributed by atoms with E-state index in [1.807, 2.05) is 47.9 Å². The van der Waals surface area contributed by atoms with Crippen molar-refractivity contribution in [2.75, 3.05) is 0 Å². The van der Waals surface area contributed by atoms with E-state index in [4.69, 9.17) is 37.1 Å². The van der Waals surface area contributed by atoms with Crippen LogP contribution in [0.2, 0.25) is 5.02 Å². The number of primary amides is 1. The summed E-state index contributed by atoms with van der Waals surface area (Å²) in [5.74, 6) is -1.97. The number of halogens is 1. The number of carbonyl (C=O) groups excluding carboxylic acids is 1. The highest BCUT2D eigenvalue weighted by Crippen LogP contribution is 2.37. The lowest BCUT2D eigenvalue weighted by molar-refractivity contribution is -0.139. The molecule has 200 valence electrons. The normalized spacial score (nSPS) is 12.3. The van der Waals surface area contributed by atoms with Crippen molar-refractivity contribution in [3.05, 3.63) is 75.9 Å². The molecule has 1 amide bonds. The van der Waals surface area contributed by atoms with Gasteiger partial charge in [-0.1, -0.05) is 35.9 Å². The zero-order chi connectivity index (χ0) is 28.0. The maximum absolute atomic E-state index is 12.2. The minimum atomic E-state index is -0.915. The third-order valence-corrected chi connectivity index (χ3v) is 6.86. The van der Waals surface area contributed by atoms with Gasteiger partial charge in [-0.3, -0.25) is 19.0 Å². The van der Waals surface area contributed by atoms with Crippen LogP contribution in [0.15, 0.2) is 54.9 Å². The Morgan fingerprint density at radius 1 is 1.16 bits per heavy atom. The van der Waals surface area contributed by atoms with Gasteiger partial charge in [0.15, 0.2) is 0 Å². The number of carbonyl (C=O) groups is 3. The number of rotatable bonds is 9. The molecule has 0 unspecified atom stereocenters. The number of aliphatic carboxylic acids is 2. The molecule has 0 aliphatic heterocycles. The standard InChI is InChI=1S/C24H23ClN4O4S.C2H4O2/c1-13(24(31)32)27-11-15-7-8-18-19(9-15)29(12-28-18)21-10-20(22(34-21)23(26)30)33-14(2)16-5-3-4-6-17(16)25;1-2(3)4/h3-10,12-14,27H,11H2,1-2H3,(H2,26,30)(H,31,32);1H3,(H,3,4)/t13-,14+;/m0./s1. The SMILES string of the molecule is CC(=O)O.C[C@H](NCc1ccc2ncn(-c3cc(O[C@H](C)c4ccccc4Cl)c(C(N)=O)s3)c2c1)C(=O)O. The fraction of sp³-hybridized carbons (Fsp3) is 0.231. The number of hydrogen-bond donors (Lipinski definition) is 4. The van der Waals surface area contributed by atoms with E-state index >= 15 is 0 Å². The smallest absolute Gasteiger partial charge is 0.320 e. The second kappa shape index (κ2) is 12.5. The van der Waals surface area contributed by atoms with Gasteiger partial charge < -0.3 is 26.0 Å². The first-order valence-electron chi connectivity index (χ1n) is 11.4. The molecule has 2 aromatic carbocycles. The third kappa shape index (κ3) is 7.09. The highest BCUT2D eigenvalue weighted by Gasteiger charge is 2.21. The molecule has 10 nitrogen and oxygen atoms in total. The summed E-state index contributed by atoms with van der Waals surface area (Å²) in [4.78, 5) is 37.0. The largest absolute Gasteiger partial charge is 0.484 e. The van der Waals surface area contributed by atoms with Crippen molar-refractivity contribution < 1.29 is 29.3 Å². The van der Waals surface area contributed by atoms with Gasteiger partial charge in [0.05, 0.1) is 11.0 Å².